The van der Waals surface area contributed by atoms with Crippen molar-refractivity contribution in [2.45, 2.75) is 39.7 Å². The maximum atomic E-state index is 12.4. The summed E-state index contributed by atoms with van der Waals surface area (Å²) in [6, 6.07) is 9.74. The van der Waals surface area contributed by atoms with Crippen LogP contribution in [0.5, 0.6) is 5.75 Å². The van der Waals surface area contributed by atoms with Crippen LogP contribution in [0.25, 0.3) is 0 Å². The first-order valence-electron chi connectivity index (χ1n) is 7.96. The van der Waals surface area contributed by atoms with Crippen LogP contribution in [-0.2, 0) is 11.2 Å². The molecule has 1 atom stereocenters. The average Bonchev–Trinajstić information content (AvgIpc) is 3.03. The van der Waals surface area contributed by atoms with E-state index >= 15 is 0 Å². The summed E-state index contributed by atoms with van der Waals surface area (Å²) in [5.74, 6) is 0.700. The van der Waals surface area contributed by atoms with Crippen LogP contribution < -0.4 is 10.1 Å². The number of thiophene rings is 1. The summed E-state index contributed by atoms with van der Waals surface area (Å²) in [4.78, 5) is 13.6. The molecule has 0 saturated carbocycles. The number of methoxy groups -OCH3 is 1. The summed E-state index contributed by atoms with van der Waals surface area (Å²) in [5.41, 5.74) is 0.989. The van der Waals surface area contributed by atoms with E-state index in [1.54, 1.807) is 18.4 Å². The molecule has 0 aliphatic heterocycles. The van der Waals surface area contributed by atoms with Gasteiger partial charge < -0.3 is 10.1 Å². The molecule has 0 aliphatic carbocycles. The topological polar surface area (TPSA) is 38.3 Å². The highest BCUT2D eigenvalue weighted by molar-refractivity contribution is 7.10. The molecule has 0 aliphatic rings. The van der Waals surface area contributed by atoms with E-state index in [2.05, 4.69) is 32.2 Å². The third-order valence-electron chi connectivity index (χ3n) is 3.86. The second-order valence-electron chi connectivity index (χ2n) is 6.85. The number of ether oxygens (including phenoxy) is 1. The molecule has 130 valence electrons. The van der Waals surface area contributed by atoms with Crippen molar-refractivity contribution >= 4 is 28.8 Å². The molecule has 24 heavy (non-hydrogen) atoms. The van der Waals surface area contributed by atoms with E-state index in [4.69, 9.17) is 16.3 Å². The first-order valence-corrected chi connectivity index (χ1v) is 9.22. The van der Waals surface area contributed by atoms with E-state index in [0.29, 0.717) is 23.6 Å². The summed E-state index contributed by atoms with van der Waals surface area (Å²) in [5, 5.41) is 5.79. The molecule has 0 saturated heterocycles. The largest absolute Gasteiger partial charge is 0.495 e. The predicted octanol–water partition coefficient (Wildman–Crippen LogP) is 5.25. The van der Waals surface area contributed by atoms with Crippen molar-refractivity contribution in [2.75, 3.05) is 7.11 Å². The minimum atomic E-state index is -0.0378. The molecule has 2 rings (SSSR count). The number of hydrogen-bond acceptors (Lipinski definition) is 3. The zero-order valence-electron chi connectivity index (χ0n) is 14.6. The van der Waals surface area contributed by atoms with Crippen molar-refractivity contribution in [1.29, 1.82) is 0 Å². The second-order valence-corrected chi connectivity index (χ2v) is 8.24. The first-order chi connectivity index (χ1) is 11.3. The fraction of sp³-hybridized carbons (Fsp3) is 0.421. The number of aryl methyl sites for hydroxylation is 1. The lowest BCUT2D eigenvalue weighted by Gasteiger charge is -2.30. The van der Waals surface area contributed by atoms with Crippen molar-refractivity contribution in [3.8, 4) is 5.75 Å². The van der Waals surface area contributed by atoms with Crippen LogP contribution in [-0.4, -0.2) is 13.0 Å². The standard InChI is InChI=1S/C19H24ClNO2S/c1-19(2,3)18(16-6-5-11-24-16)21-17(22)10-8-13-7-9-15(23-4)14(20)12-13/h5-7,9,11-12,18H,8,10H2,1-4H3,(H,21,22). The molecule has 0 spiro atoms. The Kier molecular flexibility index (Phi) is 6.30. The normalized spacial score (nSPS) is 12.7. The Bertz CT molecular complexity index is 677. The third kappa shape index (κ3) is 4.99. The predicted molar refractivity (Wildman–Crippen MR) is 101 cm³/mol. The quantitative estimate of drug-likeness (QED) is 0.759. The lowest BCUT2D eigenvalue weighted by atomic mass is 9.85. The van der Waals surface area contributed by atoms with Gasteiger partial charge in [-0.25, -0.2) is 0 Å². The Morgan fingerprint density at radius 1 is 1.33 bits per heavy atom. The van der Waals surface area contributed by atoms with Gasteiger partial charge in [0.1, 0.15) is 5.75 Å². The van der Waals surface area contributed by atoms with Crippen molar-refractivity contribution in [1.82, 2.24) is 5.32 Å². The number of nitrogens with one attached hydrogen (secondary N) is 1. The fourth-order valence-electron chi connectivity index (χ4n) is 2.53. The Hall–Kier alpha value is -1.52. The van der Waals surface area contributed by atoms with Crippen LogP contribution >= 0.6 is 22.9 Å². The maximum Gasteiger partial charge on any atom is 0.220 e. The maximum absolute atomic E-state index is 12.4. The molecule has 1 amide bonds. The van der Waals surface area contributed by atoms with Gasteiger partial charge in [0.25, 0.3) is 0 Å². The van der Waals surface area contributed by atoms with Gasteiger partial charge in [0.15, 0.2) is 0 Å². The van der Waals surface area contributed by atoms with E-state index in [1.165, 1.54) is 4.88 Å². The zero-order valence-corrected chi connectivity index (χ0v) is 16.1. The van der Waals surface area contributed by atoms with Gasteiger partial charge in [0, 0.05) is 11.3 Å². The zero-order chi connectivity index (χ0) is 17.7. The van der Waals surface area contributed by atoms with Crippen molar-refractivity contribution in [3.05, 3.63) is 51.2 Å². The molecular formula is C19H24ClNO2S. The Morgan fingerprint density at radius 3 is 2.62 bits per heavy atom. The van der Waals surface area contributed by atoms with Crippen molar-refractivity contribution in [2.24, 2.45) is 5.41 Å². The summed E-state index contributed by atoms with van der Waals surface area (Å²) >= 11 is 7.81. The minimum Gasteiger partial charge on any atom is -0.495 e. The van der Waals surface area contributed by atoms with Gasteiger partial charge in [0.2, 0.25) is 5.91 Å². The smallest absolute Gasteiger partial charge is 0.220 e. The number of hydrogen-bond donors (Lipinski definition) is 1. The Morgan fingerprint density at radius 2 is 2.08 bits per heavy atom. The van der Waals surface area contributed by atoms with E-state index in [1.807, 2.05) is 29.6 Å². The molecule has 0 bridgehead atoms. The molecule has 1 N–H and O–H groups in total. The van der Waals surface area contributed by atoms with Crippen molar-refractivity contribution < 1.29 is 9.53 Å². The van der Waals surface area contributed by atoms with Crippen LogP contribution in [0.4, 0.5) is 0 Å². The van der Waals surface area contributed by atoms with Gasteiger partial charge >= 0.3 is 0 Å². The molecule has 1 heterocycles. The summed E-state index contributed by atoms with van der Waals surface area (Å²) in [6.07, 6.45) is 1.08. The lowest BCUT2D eigenvalue weighted by molar-refractivity contribution is -0.122. The summed E-state index contributed by atoms with van der Waals surface area (Å²) in [7, 11) is 1.59. The van der Waals surface area contributed by atoms with E-state index in [-0.39, 0.29) is 17.4 Å². The molecule has 0 radical (unpaired) electrons. The van der Waals surface area contributed by atoms with Gasteiger partial charge in [-0.1, -0.05) is 44.5 Å². The highest BCUT2D eigenvalue weighted by Crippen LogP contribution is 2.35. The Labute approximate surface area is 153 Å². The molecule has 2 aromatic rings. The summed E-state index contributed by atoms with van der Waals surface area (Å²) in [6.45, 7) is 6.42. The van der Waals surface area contributed by atoms with Gasteiger partial charge in [-0.15, -0.1) is 11.3 Å². The van der Waals surface area contributed by atoms with E-state index in [0.717, 1.165) is 5.56 Å². The molecule has 1 aromatic carbocycles. The number of halogens is 1. The minimum absolute atomic E-state index is 0.0180. The second kappa shape index (κ2) is 8.04. The first kappa shape index (κ1) is 18.8. The fourth-order valence-corrected chi connectivity index (χ4v) is 3.83. The number of amides is 1. The van der Waals surface area contributed by atoms with Gasteiger partial charge in [-0.05, 0) is 41.0 Å². The molecule has 5 heteroatoms. The average molecular weight is 366 g/mol. The van der Waals surface area contributed by atoms with Crippen LogP contribution in [0.15, 0.2) is 35.7 Å². The highest BCUT2D eigenvalue weighted by atomic mass is 35.5. The molecule has 3 nitrogen and oxygen atoms in total. The number of carbonyl (C=O) groups is 1. The van der Waals surface area contributed by atoms with Crippen LogP contribution in [0, 0.1) is 5.41 Å². The SMILES string of the molecule is COc1ccc(CCC(=O)NC(c2cccs2)C(C)(C)C)cc1Cl. The highest BCUT2D eigenvalue weighted by Gasteiger charge is 2.28. The Balaban J connectivity index is 1.98. The van der Waals surface area contributed by atoms with Crippen LogP contribution in [0.3, 0.4) is 0 Å². The molecular weight excluding hydrogens is 342 g/mol. The van der Waals surface area contributed by atoms with Gasteiger partial charge in [-0.2, -0.15) is 0 Å². The summed E-state index contributed by atoms with van der Waals surface area (Å²) < 4.78 is 5.15. The van der Waals surface area contributed by atoms with Crippen LogP contribution in [0.2, 0.25) is 5.02 Å². The van der Waals surface area contributed by atoms with E-state index < -0.39 is 0 Å². The van der Waals surface area contributed by atoms with Gasteiger partial charge in [-0.3, -0.25) is 4.79 Å². The van der Waals surface area contributed by atoms with Crippen molar-refractivity contribution in [3.63, 3.8) is 0 Å². The molecule has 1 unspecified atom stereocenters. The van der Waals surface area contributed by atoms with Gasteiger partial charge in [0.05, 0.1) is 18.2 Å². The molecule has 0 fully saturated rings. The third-order valence-corrected chi connectivity index (χ3v) is 5.09. The number of carbonyl (C=O) groups excluding carboxylic acids is 1. The lowest BCUT2D eigenvalue weighted by Crippen LogP contribution is -2.36. The number of rotatable bonds is 6. The molecule has 1 aromatic heterocycles. The number of benzene rings is 1. The van der Waals surface area contributed by atoms with Crippen LogP contribution in [0.1, 0.15) is 43.7 Å². The van der Waals surface area contributed by atoms with E-state index in [9.17, 15) is 4.79 Å². The monoisotopic (exact) mass is 365 g/mol.